The number of nitrogens with two attached hydrogens (primary N) is 1. The van der Waals surface area contributed by atoms with Crippen molar-refractivity contribution in [1.82, 2.24) is 9.97 Å². The summed E-state index contributed by atoms with van der Waals surface area (Å²) in [6.45, 7) is 0.485. The minimum Gasteiger partial charge on any atom is -0.331 e. The lowest BCUT2D eigenvalue weighted by atomic mass is 10.2. The lowest BCUT2D eigenvalue weighted by Crippen LogP contribution is -2.20. The fourth-order valence-corrected chi connectivity index (χ4v) is 1.33. The first-order valence-corrected chi connectivity index (χ1v) is 5.14. The van der Waals surface area contributed by atoms with E-state index in [-0.39, 0.29) is 6.03 Å². The molecule has 0 fully saturated rings. The third kappa shape index (κ3) is 3.05. The normalized spacial score (nSPS) is 9.94. The van der Waals surface area contributed by atoms with E-state index in [1.165, 1.54) is 0 Å². The number of imidazole rings is 1. The van der Waals surface area contributed by atoms with E-state index in [1.54, 1.807) is 24.5 Å². The molecule has 88 valence electrons. The molecule has 0 atom stereocenters. The molecule has 2 rings (SSSR count). The first-order valence-electron chi connectivity index (χ1n) is 5.14. The van der Waals surface area contributed by atoms with Crippen molar-refractivity contribution in [3.05, 3.63) is 42.2 Å². The van der Waals surface area contributed by atoms with Crippen molar-refractivity contribution in [3.63, 3.8) is 0 Å². The smallest absolute Gasteiger partial charge is 0.326 e. The zero-order valence-corrected chi connectivity index (χ0v) is 9.10. The summed E-state index contributed by atoms with van der Waals surface area (Å²) in [7, 11) is 0. The largest absolute Gasteiger partial charge is 0.331 e. The zero-order valence-electron chi connectivity index (χ0n) is 9.10. The molecule has 0 saturated heterocycles. The van der Waals surface area contributed by atoms with Gasteiger partial charge in [-0.1, -0.05) is 12.1 Å². The summed E-state index contributed by atoms with van der Waals surface area (Å²) in [5.74, 6) is 0.404. The van der Waals surface area contributed by atoms with E-state index in [0.29, 0.717) is 18.2 Å². The molecular formula is C11H13N5O. The van der Waals surface area contributed by atoms with Crippen molar-refractivity contribution in [2.75, 3.05) is 10.6 Å². The molecule has 0 spiro atoms. The highest BCUT2D eigenvalue weighted by atomic mass is 16.2. The second-order valence-electron chi connectivity index (χ2n) is 3.42. The summed E-state index contributed by atoms with van der Waals surface area (Å²) in [6, 6.07) is 6.97. The number of hydrogen-bond acceptors (Lipinski definition) is 3. The van der Waals surface area contributed by atoms with Crippen LogP contribution in [0.5, 0.6) is 0 Å². The number of amides is 2. The number of nitrogens with zero attached hydrogens (tertiary/aromatic N) is 1. The highest BCUT2D eigenvalue weighted by Crippen LogP contribution is 2.09. The summed E-state index contributed by atoms with van der Waals surface area (Å²) in [4.78, 5) is 18.2. The van der Waals surface area contributed by atoms with E-state index in [4.69, 9.17) is 5.73 Å². The van der Waals surface area contributed by atoms with Crippen LogP contribution >= 0.6 is 0 Å². The van der Waals surface area contributed by atoms with Crippen LogP contribution in [0.3, 0.4) is 0 Å². The van der Waals surface area contributed by atoms with Crippen molar-refractivity contribution >= 4 is 17.7 Å². The van der Waals surface area contributed by atoms with Gasteiger partial charge in [-0.15, -0.1) is 0 Å². The van der Waals surface area contributed by atoms with E-state index in [9.17, 15) is 4.79 Å². The Kier molecular flexibility index (Phi) is 3.37. The van der Waals surface area contributed by atoms with Gasteiger partial charge in [0.05, 0.1) is 0 Å². The van der Waals surface area contributed by atoms with Crippen LogP contribution in [-0.2, 0) is 6.54 Å². The second kappa shape index (κ2) is 5.13. The lowest BCUT2D eigenvalue weighted by Gasteiger charge is -2.06. The molecule has 1 aromatic carbocycles. The van der Waals surface area contributed by atoms with Crippen LogP contribution in [0.25, 0.3) is 0 Å². The van der Waals surface area contributed by atoms with Crippen LogP contribution in [0.1, 0.15) is 5.56 Å². The predicted molar refractivity (Wildman–Crippen MR) is 65.6 cm³/mol. The van der Waals surface area contributed by atoms with Crippen LogP contribution in [0, 0.1) is 0 Å². The Morgan fingerprint density at radius 3 is 2.65 bits per heavy atom. The van der Waals surface area contributed by atoms with Crippen molar-refractivity contribution in [2.45, 2.75) is 6.54 Å². The van der Waals surface area contributed by atoms with Gasteiger partial charge in [-0.2, -0.15) is 0 Å². The number of aromatic nitrogens is 2. The monoisotopic (exact) mass is 231 g/mol. The molecule has 0 unspecified atom stereocenters. The number of benzene rings is 1. The van der Waals surface area contributed by atoms with Gasteiger partial charge in [0, 0.05) is 24.6 Å². The first kappa shape index (κ1) is 11.2. The number of nitrogens with one attached hydrogen (secondary N) is 3. The van der Waals surface area contributed by atoms with E-state index in [1.807, 2.05) is 12.1 Å². The summed E-state index contributed by atoms with van der Waals surface area (Å²) < 4.78 is 0. The second-order valence-corrected chi connectivity index (χ2v) is 3.42. The maximum Gasteiger partial charge on any atom is 0.326 e. The molecule has 6 nitrogen and oxygen atoms in total. The van der Waals surface area contributed by atoms with E-state index in [0.717, 1.165) is 5.56 Å². The van der Waals surface area contributed by atoms with Crippen molar-refractivity contribution < 1.29 is 4.79 Å². The Morgan fingerprint density at radius 1 is 1.29 bits per heavy atom. The van der Waals surface area contributed by atoms with Crippen molar-refractivity contribution in [1.29, 1.82) is 0 Å². The minimum absolute atomic E-state index is 0.347. The van der Waals surface area contributed by atoms with Gasteiger partial charge in [0.2, 0.25) is 5.95 Å². The Bertz CT molecular complexity index is 477. The zero-order chi connectivity index (χ0) is 12.1. The van der Waals surface area contributed by atoms with Gasteiger partial charge in [-0.25, -0.2) is 9.78 Å². The number of rotatable bonds is 3. The molecule has 0 aliphatic rings. The van der Waals surface area contributed by atoms with Crippen molar-refractivity contribution in [3.8, 4) is 0 Å². The number of carbonyl (C=O) groups is 1. The van der Waals surface area contributed by atoms with Crippen LogP contribution in [0.2, 0.25) is 0 Å². The topological polar surface area (TPSA) is 95.8 Å². The van der Waals surface area contributed by atoms with E-state index >= 15 is 0 Å². The quantitative estimate of drug-likeness (QED) is 0.644. The van der Waals surface area contributed by atoms with Crippen LogP contribution in [0.15, 0.2) is 36.7 Å². The van der Waals surface area contributed by atoms with Gasteiger partial charge in [0.1, 0.15) is 0 Å². The highest BCUT2D eigenvalue weighted by Gasteiger charge is 2.03. The molecule has 0 bridgehead atoms. The van der Waals surface area contributed by atoms with Gasteiger partial charge in [0.25, 0.3) is 0 Å². The number of H-pyrrole nitrogens is 1. The molecule has 2 aromatic rings. The van der Waals surface area contributed by atoms with Crippen molar-refractivity contribution in [2.24, 2.45) is 5.73 Å². The van der Waals surface area contributed by atoms with Crippen LogP contribution in [-0.4, -0.2) is 16.0 Å². The first-order chi connectivity index (χ1) is 8.28. The number of hydrogen-bond donors (Lipinski definition) is 4. The third-order valence-electron chi connectivity index (χ3n) is 2.18. The van der Waals surface area contributed by atoms with E-state index < -0.39 is 0 Å². The fraction of sp³-hybridized carbons (Fsp3) is 0.0909. The molecule has 2 amide bonds. The van der Waals surface area contributed by atoms with Gasteiger partial charge >= 0.3 is 6.03 Å². The summed E-state index contributed by atoms with van der Waals surface area (Å²) in [6.07, 6.45) is 3.19. The predicted octanol–water partition coefficient (Wildman–Crippen LogP) is 1.51. The molecule has 17 heavy (non-hydrogen) atoms. The number of aromatic amines is 1. The third-order valence-corrected chi connectivity index (χ3v) is 2.18. The number of urea groups is 1. The molecule has 0 saturated carbocycles. The van der Waals surface area contributed by atoms with E-state index in [2.05, 4.69) is 20.6 Å². The molecular weight excluding hydrogens is 218 g/mol. The Hall–Kier alpha value is -2.34. The maximum atomic E-state index is 11.5. The maximum absolute atomic E-state index is 11.5. The Balaban J connectivity index is 1.93. The number of carbonyl (C=O) groups excluding carboxylic acids is 1. The number of anilines is 2. The van der Waals surface area contributed by atoms with Crippen LogP contribution < -0.4 is 16.4 Å². The van der Waals surface area contributed by atoms with Gasteiger partial charge < -0.3 is 16.0 Å². The summed E-state index contributed by atoms with van der Waals surface area (Å²) in [5.41, 5.74) is 7.20. The summed E-state index contributed by atoms with van der Waals surface area (Å²) in [5, 5.41) is 5.24. The van der Waals surface area contributed by atoms with Gasteiger partial charge in [0.15, 0.2) is 0 Å². The molecule has 1 aromatic heterocycles. The lowest BCUT2D eigenvalue weighted by molar-refractivity contribution is 0.262. The van der Waals surface area contributed by atoms with Gasteiger partial charge in [-0.3, -0.25) is 5.32 Å². The molecule has 0 radical (unpaired) electrons. The molecule has 0 aliphatic carbocycles. The molecule has 1 heterocycles. The van der Waals surface area contributed by atoms with Gasteiger partial charge in [-0.05, 0) is 17.7 Å². The average molecular weight is 231 g/mol. The Morgan fingerprint density at radius 2 is 2.06 bits per heavy atom. The fourth-order valence-electron chi connectivity index (χ4n) is 1.33. The standard InChI is InChI=1S/C11H13N5O/c12-7-8-1-3-9(4-2-8)15-11(17)16-10-13-5-6-14-10/h1-6H,7,12H2,(H3,13,14,15,16,17). The average Bonchev–Trinajstić information content (AvgIpc) is 2.82. The molecule has 0 aliphatic heterocycles. The Labute approximate surface area is 98.2 Å². The summed E-state index contributed by atoms with van der Waals surface area (Å²) >= 11 is 0. The molecule has 6 heteroatoms. The minimum atomic E-state index is -0.347. The SMILES string of the molecule is NCc1ccc(NC(=O)Nc2ncc[nH]2)cc1. The van der Waals surface area contributed by atoms with Crippen LogP contribution in [0.4, 0.5) is 16.4 Å². The highest BCUT2D eigenvalue weighted by molar-refractivity contribution is 5.98. The molecule has 5 N–H and O–H groups in total.